The van der Waals surface area contributed by atoms with Gasteiger partial charge in [-0.15, -0.1) is 10.2 Å². The second-order valence-electron chi connectivity index (χ2n) is 8.67. The van der Waals surface area contributed by atoms with Gasteiger partial charge in [0.2, 0.25) is 5.91 Å². The van der Waals surface area contributed by atoms with Crippen LogP contribution in [0, 0.1) is 5.41 Å². The van der Waals surface area contributed by atoms with E-state index in [1.54, 1.807) is 18.9 Å². The van der Waals surface area contributed by atoms with Crippen LogP contribution in [0.2, 0.25) is 0 Å². The molecule has 1 amide bonds. The van der Waals surface area contributed by atoms with Crippen LogP contribution in [-0.4, -0.2) is 72.2 Å². The highest BCUT2D eigenvalue weighted by atomic mass is 16.2. The van der Waals surface area contributed by atoms with E-state index in [1.165, 1.54) is 0 Å². The Morgan fingerprint density at radius 2 is 2.07 bits per heavy atom. The summed E-state index contributed by atoms with van der Waals surface area (Å²) in [5.41, 5.74) is 0.108. The number of piperidine rings is 1. The lowest BCUT2D eigenvalue weighted by Crippen LogP contribution is -2.46. The normalized spacial score (nSPS) is 22.4. The molecule has 1 spiro atoms. The minimum absolute atomic E-state index is 0.108. The molecule has 0 radical (unpaired) electrons. The molecule has 4 heterocycles. The van der Waals surface area contributed by atoms with Crippen LogP contribution in [0.1, 0.15) is 44.9 Å². The van der Waals surface area contributed by atoms with Crippen LogP contribution in [0.25, 0.3) is 0 Å². The maximum absolute atomic E-state index is 13.0. The molecular formula is C20H31N7O. The number of imidazole rings is 1. The van der Waals surface area contributed by atoms with Crippen molar-refractivity contribution in [1.82, 2.24) is 34.1 Å². The molecule has 2 aromatic heterocycles. The van der Waals surface area contributed by atoms with Crippen LogP contribution >= 0.6 is 0 Å². The highest BCUT2D eigenvalue weighted by molar-refractivity contribution is 5.76. The Morgan fingerprint density at radius 1 is 1.29 bits per heavy atom. The molecule has 1 unspecified atom stereocenters. The second-order valence-corrected chi connectivity index (χ2v) is 8.67. The highest BCUT2D eigenvalue weighted by Crippen LogP contribution is 2.49. The number of hydrogen-bond acceptors (Lipinski definition) is 5. The van der Waals surface area contributed by atoms with Gasteiger partial charge >= 0.3 is 0 Å². The lowest BCUT2D eigenvalue weighted by Gasteiger charge is -2.43. The largest absolute Gasteiger partial charge is 0.341 e. The van der Waals surface area contributed by atoms with Crippen LogP contribution in [0.4, 0.5) is 0 Å². The fraction of sp³-hybridized carbons (Fsp3) is 0.700. The molecule has 0 aromatic carbocycles. The van der Waals surface area contributed by atoms with Crippen molar-refractivity contribution in [2.45, 2.75) is 51.6 Å². The zero-order valence-electron chi connectivity index (χ0n) is 17.2. The van der Waals surface area contributed by atoms with Gasteiger partial charge in [-0.25, -0.2) is 4.98 Å². The summed E-state index contributed by atoms with van der Waals surface area (Å²) in [7, 11) is 2.01. The third-order valence-electron chi connectivity index (χ3n) is 6.73. The molecule has 2 saturated heterocycles. The molecule has 2 aliphatic rings. The Bertz CT molecular complexity index is 789. The second kappa shape index (κ2) is 7.66. The summed E-state index contributed by atoms with van der Waals surface area (Å²) >= 11 is 0. The number of likely N-dealkylation sites (tertiary alicyclic amines) is 2. The Hall–Kier alpha value is -2.22. The average Bonchev–Trinajstić information content (AvgIpc) is 3.41. The van der Waals surface area contributed by atoms with Crippen molar-refractivity contribution in [3.8, 4) is 0 Å². The molecule has 0 aliphatic carbocycles. The Morgan fingerprint density at radius 3 is 2.68 bits per heavy atom. The standard InChI is InChI=1S/C20H31N7O/c1-16(2)26-9-5-20(6-10-26)13-27(12-17(20)19-23-22-15-24(19)3)18(28)4-8-25-11-7-21-14-25/h7,11,14-17H,4-6,8-10,12-13H2,1-3H3. The first kappa shape index (κ1) is 19.1. The lowest BCUT2D eigenvalue weighted by molar-refractivity contribution is -0.131. The van der Waals surface area contributed by atoms with Crippen LogP contribution in [0.5, 0.6) is 0 Å². The number of rotatable bonds is 5. The molecule has 28 heavy (non-hydrogen) atoms. The number of nitrogens with zero attached hydrogens (tertiary/aromatic N) is 7. The molecule has 152 valence electrons. The quantitative estimate of drug-likeness (QED) is 0.780. The Balaban J connectivity index is 1.50. The first-order chi connectivity index (χ1) is 13.5. The van der Waals surface area contributed by atoms with E-state index in [-0.39, 0.29) is 17.2 Å². The first-order valence-electron chi connectivity index (χ1n) is 10.3. The number of carbonyl (C=O) groups excluding carboxylic acids is 1. The van der Waals surface area contributed by atoms with E-state index >= 15 is 0 Å². The van der Waals surface area contributed by atoms with Gasteiger partial charge in [-0.3, -0.25) is 4.79 Å². The van der Waals surface area contributed by atoms with E-state index in [0.29, 0.717) is 19.0 Å². The summed E-state index contributed by atoms with van der Waals surface area (Å²) in [4.78, 5) is 21.7. The number of carbonyl (C=O) groups is 1. The third-order valence-corrected chi connectivity index (χ3v) is 6.73. The van der Waals surface area contributed by atoms with E-state index in [1.807, 2.05) is 22.4 Å². The van der Waals surface area contributed by atoms with Crippen LogP contribution in [0.3, 0.4) is 0 Å². The van der Waals surface area contributed by atoms with Gasteiger partial charge in [-0.2, -0.15) is 0 Å². The molecule has 8 nitrogen and oxygen atoms in total. The molecule has 0 bridgehead atoms. The summed E-state index contributed by atoms with van der Waals surface area (Å²) in [6.45, 7) is 8.96. The fourth-order valence-corrected chi connectivity index (χ4v) is 4.92. The number of amides is 1. The summed E-state index contributed by atoms with van der Waals surface area (Å²) < 4.78 is 3.99. The van der Waals surface area contributed by atoms with Gasteiger partial charge in [0.15, 0.2) is 0 Å². The van der Waals surface area contributed by atoms with Crippen molar-refractivity contribution in [3.05, 3.63) is 30.9 Å². The number of aromatic nitrogens is 5. The van der Waals surface area contributed by atoms with Gasteiger partial charge in [-0.05, 0) is 39.8 Å². The van der Waals surface area contributed by atoms with Gasteiger partial charge in [0.25, 0.3) is 0 Å². The summed E-state index contributed by atoms with van der Waals surface area (Å²) in [6.07, 6.45) is 9.92. The van der Waals surface area contributed by atoms with Crippen LogP contribution in [-0.2, 0) is 18.4 Å². The van der Waals surface area contributed by atoms with E-state index in [9.17, 15) is 4.79 Å². The summed E-state index contributed by atoms with van der Waals surface area (Å²) in [5.74, 6) is 1.50. The monoisotopic (exact) mass is 385 g/mol. The molecule has 1 atom stereocenters. The van der Waals surface area contributed by atoms with Gasteiger partial charge in [0, 0.05) is 62.9 Å². The predicted molar refractivity (Wildman–Crippen MR) is 106 cm³/mol. The molecule has 0 saturated carbocycles. The van der Waals surface area contributed by atoms with Crippen molar-refractivity contribution in [1.29, 1.82) is 0 Å². The van der Waals surface area contributed by atoms with Gasteiger partial charge in [-0.1, -0.05) is 0 Å². The minimum Gasteiger partial charge on any atom is -0.341 e. The summed E-state index contributed by atoms with van der Waals surface area (Å²) in [5, 5.41) is 8.55. The average molecular weight is 386 g/mol. The highest BCUT2D eigenvalue weighted by Gasteiger charge is 2.51. The molecule has 8 heteroatoms. The molecular weight excluding hydrogens is 354 g/mol. The summed E-state index contributed by atoms with van der Waals surface area (Å²) in [6, 6.07) is 0.569. The van der Waals surface area contributed by atoms with Crippen molar-refractivity contribution >= 4 is 5.91 Å². The zero-order chi connectivity index (χ0) is 19.7. The van der Waals surface area contributed by atoms with Gasteiger partial charge in [0.1, 0.15) is 12.2 Å². The van der Waals surface area contributed by atoms with E-state index in [4.69, 9.17) is 0 Å². The van der Waals surface area contributed by atoms with Crippen molar-refractivity contribution in [2.24, 2.45) is 12.5 Å². The Labute approximate surface area is 166 Å². The first-order valence-corrected chi connectivity index (χ1v) is 10.3. The maximum atomic E-state index is 13.0. The van der Waals surface area contributed by atoms with Crippen molar-refractivity contribution < 1.29 is 4.79 Å². The van der Waals surface area contributed by atoms with Crippen LogP contribution < -0.4 is 0 Å². The van der Waals surface area contributed by atoms with E-state index in [2.05, 4.69) is 38.8 Å². The van der Waals surface area contributed by atoms with E-state index in [0.717, 1.165) is 44.8 Å². The smallest absolute Gasteiger partial charge is 0.224 e. The molecule has 4 rings (SSSR count). The number of hydrogen-bond donors (Lipinski definition) is 0. The molecule has 0 N–H and O–H groups in total. The number of aryl methyl sites for hydroxylation is 2. The van der Waals surface area contributed by atoms with Crippen molar-refractivity contribution in [2.75, 3.05) is 26.2 Å². The molecule has 2 fully saturated rings. The molecule has 2 aliphatic heterocycles. The van der Waals surface area contributed by atoms with Crippen molar-refractivity contribution in [3.63, 3.8) is 0 Å². The molecule has 2 aromatic rings. The minimum atomic E-state index is 0.108. The fourth-order valence-electron chi connectivity index (χ4n) is 4.92. The van der Waals surface area contributed by atoms with Gasteiger partial charge in [0.05, 0.1) is 6.33 Å². The van der Waals surface area contributed by atoms with E-state index < -0.39 is 0 Å². The predicted octanol–water partition coefficient (Wildman–Crippen LogP) is 1.52. The zero-order valence-corrected chi connectivity index (χ0v) is 17.2. The third kappa shape index (κ3) is 3.57. The lowest BCUT2D eigenvalue weighted by atomic mass is 9.70. The maximum Gasteiger partial charge on any atom is 0.224 e. The van der Waals surface area contributed by atoms with Gasteiger partial charge < -0.3 is 18.9 Å². The Kier molecular flexibility index (Phi) is 5.23. The topological polar surface area (TPSA) is 72.1 Å². The van der Waals surface area contributed by atoms with Crippen LogP contribution in [0.15, 0.2) is 25.0 Å². The SMILES string of the molecule is CC(C)N1CCC2(CC1)CN(C(=O)CCn1ccnc1)CC2c1nncn1C.